The summed E-state index contributed by atoms with van der Waals surface area (Å²) in [5, 5.41) is 17.6. The van der Waals surface area contributed by atoms with Crippen LogP contribution in [0.5, 0.6) is 0 Å². The Kier molecular flexibility index (Phi) is 6.27. The third-order valence-corrected chi connectivity index (χ3v) is 7.68. The van der Waals surface area contributed by atoms with Gasteiger partial charge in [0, 0.05) is 0 Å². The minimum atomic E-state index is -5.47. The Bertz CT molecular complexity index is 1250. The predicted octanol–water partition coefficient (Wildman–Crippen LogP) is -2.44. The van der Waals surface area contributed by atoms with Gasteiger partial charge in [-0.1, -0.05) is 0 Å². The highest BCUT2D eigenvalue weighted by Gasteiger charge is 2.64. The molecule has 8 N–H and O–H groups in total. The molecule has 180 valence electrons. The number of nitrogens with two attached hydrogens (primary N) is 1. The van der Waals surface area contributed by atoms with E-state index in [0.717, 1.165) is 6.33 Å². The van der Waals surface area contributed by atoms with E-state index in [2.05, 4.69) is 23.8 Å². The van der Waals surface area contributed by atoms with Crippen LogP contribution < -0.4 is 5.73 Å². The number of rotatable bonds is 7. The number of aryl methyl sites for hydroxylation is 1. The van der Waals surface area contributed by atoms with E-state index in [1.165, 1.54) is 6.92 Å². The summed E-state index contributed by atoms with van der Waals surface area (Å²) in [6, 6.07) is 0. The molecule has 2 aromatic rings. The van der Waals surface area contributed by atoms with Gasteiger partial charge in [0.25, 0.3) is 0 Å². The van der Waals surface area contributed by atoms with Crippen LogP contribution in [0, 0.1) is 6.92 Å². The number of hydrogen-bond donors (Lipinski definition) is 7. The van der Waals surface area contributed by atoms with Crippen molar-refractivity contribution in [3.05, 3.63) is 12.2 Å². The van der Waals surface area contributed by atoms with Gasteiger partial charge in [-0.05, 0) is 6.92 Å². The molecule has 32 heavy (non-hydrogen) atoms. The molecule has 0 radical (unpaired) electrons. The smallest absolute Gasteiger partial charge is 0.387 e. The standard InChI is InChI=1S/C11H17N5O13P2S/c1-4-14-9(12)6-10(15-4)16(3-13-6)11(32(24,25)26)8(18)7(17)5(28-11)2-27-31(22,23)29-30(19,20)21/h3,5,7-8,17-18H,2H2,1H3,(H,22,23)(H2,12,14,15)(H2,19,20,21)(H,24,25,26)/t5-,7-,8-,11+/m1/s1. The fraction of sp³-hybridized carbons (Fsp3) is 0.545. The van der Waals surface area contributed by atoms with Gasteiger partial charge >= 0.3 is 30.8 Å². The van der Waals surface area contributed by atoms with Gasteiger partial charge in [-0.15, -0.1) is 0 Å². The number of anilines is 1. The minimum Gasteiger partial charge on any atom is -0.387 e. The molecule has 2 aromatic heterocycles. The molecule has 18 nitrogen and oxygen atoms in total. The van der Waals surface area contributed by atoms with Gasteiger partial charge < -0.3 is 35.4 Å². The average Bonchev–Trinajstić information content (AvgIpc) is 3.12. The summed E-state index contributed by atoms with van der Waals surface area (Å²) >= 11 is 0. The largest absolute Gasteiger partial charge is 0.481 e. The van der Waals surface area contributed by atoms with Crippen LogP contribution in [0.2, 0.25) is 0 Å². The first-order chi connectivity index (χ1) is 14.5. The van der Waals surface area contributed by atoms with Crippen LogP contribution >= 0.6 is 15.6 Å². The number of fused-ring (bicyclic) bond motifs is 1. The van der Waals surface area contributed by atoms with Crippen LogP contribution in [-0.2, 0) is 37.9 Å². The number of nitrogens with zero attached hydrogens (tertiary/aromatic N) is 4. The van der Waals surface area contributed by atoms with Gasteiger partial charge in [0.1, 0.15) is 36.0 Å². The molecule has 1 fully saturated rings. The van der Waals surface area contributed by atoms with Crippen molar-refractivity contribution in [2.45, 2.75) is 30.3 Å². The predicted molar refractivity (Wildman–Crippen MR) is 99.8 cm³/mol. The Morgan fingerprint density at radius 3 is 2.47 bits per heavy atom. The van der Waals surface area contributed by atoms with Crippen LogP contribution in [-0.4, -0.2) is 82.3 Å². The monoisotopic (exact) mass is 521 g/mol. The van der Waals surface area contributed by atoms with E-state index < -0.39 is 55.7 Å². The SMILES string of the molecule is Cc1nc(N)c2ncn([C@]3(S(=O)(=O)O)O[C@H](COP(=O)(O)OP(=O)(O)O)[C@@H](O)[C@H]3O)c2n1. The van der Waals surface area contributed by atoms with E-state index in [9.17, 15) is 37.2 Å². The van der Waals surface area contributed by atoms with Gasteiger partial charge in [0.15, 0.2) is 11.5 Å². The highest BCUT2D eigenvalue weighted by molar-refractivity contribution is 7.86. The molecule has 1 unspecified atom stereocenters. The van der Waals surface area contributed by atoms with E-state index in [0.29, 0.717) is 4.57 Å². The van der Waals surface area contributed by atoms with Crippen LogP contribution in [0.3, 0.4) is 0 Å². The lowest BCUT2D eigenvalue weighted by Gasteiger charge is -2.30. The fourth-order valence-corrected chi connectivity index (χ4v) is 5.70. The molecule has 1 aliphatic heterocycles. The molecule has 5 atom stereocenters. The first-order valence-corrected chi connectivity index (χ1v) is 12.7. The number of phosphoric acid groups is 2. The van der Waals surface area contributed by atoms with Crippen molar-refractivity contribution in [1.82, 2.24) is 19.5 Å². The number of aliphatic hydroxyl groups is 2. The zero-order chi connectivity index (χ0) is 24.3. The number of phosphoric ester groups is 1. The lowest BCUT2D eigenvalue weighted by molar-refractivity contribution is -0.0879. The van der Waals surface area contributed by atoms with Crippen LogP contribution in [0.1, 0.15) is 5.82 Å². The summed E-state index contributed by atoms with van der Waals surface area (Å²) in [6.45, 7) is 0.177. The maximum absolute atomic E-state index is 12.3. The molecule has 0 amide bonds. The number of ether oxygens (including phenoxy) is 1. The lowest BCUT2D eigenvalue weighted by Crippen LogP contribution is -2.51. The van der Waals surface area contributed by atoms with Crippen molar-refractivity contribution < 1.29 is 60.6 Å². The van der Waals surface area contributed by atoms with Crippen molar-refractivity contribution in [1.29, 1.82) is 0 Å². The normalized spacial score (nSPS) is 28.8. The summed E-state index contributed by atoms with van der Waals surface area (Å²) in [5.41, 5.74) is 5.25. The highest BCUT2D eigenvalue weighted by atomic mass is 32.2. The first-order valence-electron chi connectivity index (χ1n) is 8.21. The number of aromatic nitrogens is 4. The number of imidazole rings is 1. The molecule has 0 bridgehead atoms. The van der Waals surface area contributed by atoms with Crippen molar-refractivity contribution in [3.63, 3.8) is 0 Å². The molecule has 0 saturated carbocycles. The molecule has 1 aliphatic rings. The Morgan fingerprint density at radius 1 is 1.28 bits per heavy atom. The number of hydrogen-bond acceptors (Lipinski definition) is 13. The number of nitrogen functional groups attached to an aromatic ring is 1. The van der Waals surface area contributed by atoms with Crippen molar-refractivity contribution in [2.75, 3.05) is 12.3 Å². The lowest BCUT2D eigenvalue weighted by atomic mass is 10.1. The van der Waals surface area contributed by atoms with Gasteiger partial charge in [-0.3, -0.25) is 13.6 Å². The Balaban J connectivity index is 2.04. The van der Waals surface area contributed by atoms with Gasteiger partial charge in [-0.2, -0.15) is 12.7 Å². The maximum Gasteiger partial charge on any atom is 0.481 e. The maximum atomic E-state index is 12.3. The third kappa shape index (κ3) is 4.43. The minimum absolute atomic E-state index is 0.0472. The van der Waals surface area contributed by atoms with Crippen LogP contribution in [0.25, 0.3) is 11.2 Å². The van der Waals surface area contributed by atoms with E-state index >= 15 is 0 Å². The molecular weight excluding hydrogens is 504 g/mol. The van der Waals surface area contributed by atoms with E-state index in [-0.39, 0.29) is 22.8 Å². The second kappa shape index (κ2) is 8.01. The van der Waals surface area contributed by atoms with Crippen molar-refractivity contribution in [2.24, 2.45) is 0 Å². The second-order valence-electron chi connectivity index (χ2n) is 6.48. The summed E-state index contributed by atoms with van der Waals surface area (Å²) < 4.78 is 70.5. The third-order valence-electron chi connectivity index (χ3n) is 4.25. The Hall–Kier alpha value is -1.60. The first kappa shape index (κ1) is 25.0. The zero-order valence-corrected chi connectivity index (χ0v) is 18.3. The van der Waals surface area contributed by atoms with E-state index in [1.54, 1.807) is 0 Å². The van der Waals surface area contributed by atoms with Gasteiger partial charge in [-0.25, -0.2) is 24.1 Å². The molecule has 3 rings (SSSR count). The van der Waals surface area contributed by atoms with E-state index in [1.807, 2.05) is 0 Å². The fourth-order valence-electron chi connectivity index (χ4n) is 3.03. The van der Waals surface area contributed by atoms with E-state index in [4.69, 9.17) is 20.3 Å². The van der Waals surface area contributed by atoms with Crippen LogP contribution in [0.4, 0.5) is 5.82 Å². The average molecular weight is 521 g/mol. The molecule has 3 heterocycles. The highest BCUT2D eigenvalue weighted by Crippen LogP contribution is 2.58. The molecule has 0 spiro atoms. The molecule has 0 aliphatic carbocycles. The molecule has 0 aromatic carbocycles. The van der Waals surface area contributed by atoms with Crippen LogP contribution in [0.15, 0.2) is 6.33 Å². The van der Waals surface area contributed by atoms with Crippen molar-refractivity contribution >= 4 is 42.7 Å². The number of aliphatic hydroxyl groups excluding tert-OH is 2. The summed E-state index contributed by atoms with van der Waals surface area (Å²) in [6.07, 6.45) is -5.79. The van der Waals surface area contributed by atoms with Crippen molar-refractivity contribution in [3.8, 4) is 0 Å². The molecule has 1 saturated heterocycles. The summed E-state index contributed by atoms with van der Waals surface area (Å²) in [5.74, 6) is -0.133. The van der Waals surface area contributed by atoms with Gasteiger partial charge in [0.2, 0.25) is 0 Å². The quantitative estimate of drug-likeness (QED) is 0.147. The summed E-state index contributed by atoms with van der Waals surface area (Å²) in [7, 11) is -16.3. The topological polar surface area (TPSA) is 287 Å². The molecule has 21 heteroatoms. The zero-order valence-electron chi connectivity index (χ0n) is 15.7. The second-order valence-corrected chi connectivity index (χ2v) is 10.8. The Labute approximate surface area is 178 Å². The molecular formula is C11H17N5O13P2S. The van der Waals surface area contributed by atoms with Gasteiger partial charge in [0.05, 0.1) is 6.61 Å². The summed E-state index contributed by atoms with van der Waals surface area (Å²) in [4.78, 5) is 38.2. The Morgan fingerprint density at radius 2 is 1.91 bits per heavy atom.